The van der Waals surface area contributed by atoms with E-state index in [4.69, 9.17) is 17.3 Å². The molecule has 4 heteroatoms. The van der Waals surface area contributed by atoms with Crippen LogP contribution in [0.3, 0.4) is 0 Å². The highest BCUT2D eigenvalue weighted by Gasteiger charge is 2.14. The van der Waals surface area contributed by atoms with Crippen LogP contribution in [0, 0.1) is 0 Å². The second-order valence-electron chi connectivity index (χ2n) is 4.94. The molecule has 2 rings (SSSR count). The number of hydrogen-bond donors (Lipinski definition) is 2. The standard InChI is InChI=1S/C17H19ClN2O/c1-12(13-6-8-15(18)9-7-13)20-17(21)16-5-3-2-4-14(16)10-11-19/h2-9,12H,10-11,19H2,1H3,(H,20,21). The van der Waals surface area contributed by atoms with Gasteiger partial charge in [-0.3, -0.25) is 4.79 Å². The van der Waals surface area contributed by atoms with Crippen molar-refractivity contribution in [1.82, 2.24) is 5.32 Å². The van der Waals surface area contributed by atoms with Crippen molar-refractivity contribution in [2.45, 2.75) is 19.4 Å². The molecular weight excluding hydrogens is 284 g/mol. The van der Waals surface area contributed by atoms with E-state index in [2.05, 4.69) is 5.32 Å². The van der Waals surface area contributed by atoms with Crippen LogP contribution in [-0.2, 0) is 6.42 Å². The van der Waals surface area contributed by atoms with Crippen molar-refractivity contribution >= 4 is 17.5 Å². The summed E-state index contributed by atoms with van der Waals surface area (Å²) in [5, 5.41) is 3.69. The average molecular weight is 303 g/mol. The Bertz CT molecular complexity index is 610. The average Bonchev–Trinajstić information content (AvgIpc) is 2.48. The van der Waals surface area contributed by atoms with Gasteiger partial charge in [0.2, 0.25) is 0 Å². The predicted octanol–water partition coefficient (Wildman–Crippen LogP) is 3.33. The third kappa shape index (κ3) is 4.06. The molecule has 0 saturated heterocycles. The lowest BCUT2D eigenvalue weighted by atomic mass is 10.0. The summed E-state index contributed by atoms with van der Waals surface area (Å²) in [4.78, 5) is 12.4. The zero-order valence-corrected chi connectivity index (χ0v) is 12.7. The minimum absolute atomic E-state index is 0.0819. The Balaban J connectivity index is 2.12. The van der Waals surface area contributed by atoms with Crippen molar-refractivity contribution in [3.8, 4) is 0 Å². The lowest BCUT2D eigenvalue weighted by molar-refractivity contribution is 0.0939. The van der Waals surface area contributed by atoms with Crippen molar-refractivity contribution in [3.63, 3.8) is 0 Å². The maximum Gasteiger partial charge on any atom is 0.252 e. The first kappa shape index (κ1) is 15.5. The largest absolute Gasteiger partial charge is 0.346 e. The van der Waals surface area contributed by atoms with Crippen molar-refractivity contribution in [2.24, 2.45) is 5.73 Å². The Kier molecular flexibility index (Phi) is 5.37. The van der Waals surface area contributed by atoms with Crippen LogP contribution in [0.25, 0.3) is 0 Å². The van der Waals surface area contributed by atoms with E-state index in [0.717, 1.165) is 11.1 Å². The first-order valence-corrected chi connectivity index (χ1v) is 7.34. The molecule has 0 spiro atoms. The Hall–Kier alpha value is -1.84. The monoisotopic (exact) mass is 302 g/mol. The van der Waals surface area contributed by atoms with Crippen LogP contribution in [0.2, 0.25) is 5.02 Å². The van der Waals surface area contributed by atoms with E-state index >= 15 is 0 Å². The maximum absolute atomic E-state index is 12.4. The number of rotatable bonds is 5. The van der Waals surface area contributed by atoms with Gasteiger partial charge in [0.25, 0.3) is 5.91 Å². The van der Waals surface area contributed by atoms with E-state index in [1.54, 1.807) is 0 Å². The molecule has 0 bridgehead atoms. The molecule has 110 valence electrons. The summed E-state index contributed by atoms with van der Waals surface area (Å²) < 4.78 is 0. The fourth-order valence-corrected chi connectivity index (χ4v) is 2.35. The van der Waals surface area contributed by atoms with Gasteiger partial charge in [0.1, 0.15) is 0 Å². The quantitative estimate of drug-likeness (QED) is 0.890. The number of amides is 1. The minimum atomic E-state index is -0.0827. The lowest BCUT2D eigenvalue weighted by Crippen LogP contribution is -2.27. The minimum Gasteiger partial charge on any atom is -0.346 e. The second-order valence-corrected chi connectivity index (χ2v) is 5.38. The Morgan fingerprint density at radius 3 is 2.52 bits per heavy atom. The molecule has 0 fully saturated rings. The number of carbonyl (C=O) groups is 1. The van der Waals surface area contributed by atoms with Crippen LogP contribution in [0.4, 0.5) is 0 Å². The van der Waals surface area contributed by atoms with Gasteiger partial charge in [-0.2, -0.15) is 0 Å². The normalized spacial score (nSPS) is 12.0. The van der Waals surface area contributed by atoms with Gasteiger partial charge in [0.15, 0.2) is 0 Å². The summed E-state index contributed by atoms with van der Waals surface area (Å²) in [6.45, 7) is 2.48. The van der Waals surface area contributed by atoms with Gasteiger partial charge in [-0.15, -0.1) is 0 Å². The number of halogens is 1. The highest BCUT2D eigenvalue weighted by atomic mass is 35.5. The number of benzene rings is 2. The molecule has 1 atom stereocenters. The van der Waals surface area contributed by atoms with E-state index < -0.39 is 0 Å². The maximum atomic E-state index is 12.4. The lowest BCUT2D eigenvalue weighted by Gasteiger charge is -2.16. The highest BCUT2D eigenvalue weighted by Crippen LogP contribution is 2.17. The molecule has 0 heterocycles. The third-order valence-electron chi connectivity index (χ3n) is 3.39. The molecule has 2 aromatic rings. The fraction of sp³-hybridized carbons (Fsp3) is 0.235. The smallest absolute Gasteiger partial charge is 0.252 e. The van der Waals surface area contributed by atoms with Crippen LogP contribution in [0.1, 0.15) is 34.5 Å². The molecule has 3 N–H and O–H groups in total. The van der Waals surface area contributed by atoms with Crippen molar-refractivity contribution in [2.75, 3.05) is 6.54 Å². The van der Waals surface area contributed by atoms with Gasteiger partial charge < -0.3 is 11.1 Å². The summed E-state index contributed by atoms with van der Waals surface area (Å²) in [5.74, 6) is -0.0819. The van der Waals surface area contributed by atoms with Crippen molar-refractivity contribution in [3.05, 3.63) is 70.2 Å². The van der Waals surface area contributed by atoms with Gasteiger partial charge in [0.05, 0.1) is 6.04 Å². The van der Waals surface area contributed by atoms with Crippen LogP contribution >= 0.6 is 11.6 Å². The van der Waals surface area contributed by atoms with Crippen LogP contribution in [0.15, 0.2) is 48.5 Å². The summed E-state index contributed by atoms with van der Waals surface area (Å²) >= 11 is 5.87. The number of nitrogens with one attached hydrogen (secondary N) is 1. The molecule has 1 amide bonds. The van der Waals surface area contributed by atoms with Gasteiger partial charge in [-0.1, -0.05) is 41.9 Å². The van der Waals surface area contributed by atoms with Gasteiger partial charge >= 0.3 is 0 Å². The molecule has 1 unspecified atom stereocenters. The Labute approximate surface area is 130 Å². The first-order chi connectivity index (χ1) is 10.1. The molecular formula is C17H19ClN2O. The number of nitrogens with two attached hydrogens (primary N) is 1. The van der Waals surface area contributed by atoms with Gasteiger partial charge in [-0.25, -0.2) is 0 Å². The molecule has 0 aliphatic rings. The molecule has 2 aromatic carbocycles. The number of carbonyl (C=O) groups excluding carboxylic acids is 1. The molecule has 21 heavy (non-hydrogen) atoms. The number of hydrogen-bond acceptors (Lipinski definition) is 2. The molecule has 0 aliphatic heterocycles. The summed E-state index contributed by atoms with van der Waals surface area (Å²) in [6.07, 6.45) is 0.693. The van der Waals surface area contributed by atoms with E-state index in [0.29, 0.717) is 23.6 Å². The van der Waals surface area contributed by atoms with Gasteiger partial charge in [0, 0.05) is 10.6 Å². The summed E-state index contributed by atoms with van der Waals surface area (Å²) in [6, 6.07) is 14.9. The zero-order valence-electron chi connectivity index (χ0n) is 12.0. The molecule has 0 saturated carbocycles. The molecule has 0 radical (unpaired) electrons. The first-order valence-electron chi connectivity index (χ1n) is 6.96. The van der Waals surface area contributed by atoms with E-state index in [-0.39, 0.29) is 11.9 Å². The summed E-state index contributed by atoms with van der Waals surface area (Å²) in [7, 11) is 0. The third-order valence-corrected chi connectivity index (χ3v) is 3.65. The van der Waals surface area contributed by atoms with E-state index in [1.165, 1.54) is 0 Å². The van der Waals surface area contributed by atoms with Gasteiger partial charge in [-0.05, 0) is 49.2 Å². The Morgan fingerprint density at radius 1 is 1.19 bits per heavy atom. The zero-order chi connectivity index (χ0) is 15.2. The van der Waals surface area contributed by atoms with Crippen LogP contribution in [0.5, 0.6) is 0 Å². The second kappa shape index (κ2) is 7.25. The summed E-state index contributed by atoms with van der Waals surface area (Å²) in [5.41, 5.74) is 8.27. The van der Waals surface area contributed by atoms with Crippen molar-refractivity contribution < 1.29 is 4.79 Å². The SMILES string of the molecule is CC(NC(=O)c1ccccc1CCN)c1ccc(Cl)cc1. The van der Waals surface area contributed by atoms with Crippen LogP contribution in [-0.4, -0.2) is 12.5 Å². The molecule has 0 aromatic heterocycles. The predicted molar refractivity (Wildman–Crippen MR) is 86.5 cm³/mol. The van der Waals surface area contributed by atoms with E-state index in [9.17, 15) is 4.79 Å². The molecule has 0 aliphatic carbocycles. The fourth-order valence-electron chi connectivity index (χ4n) is 2.22. The Morgan fingerprint density at radius 2 is 1.86 bits per heavy atom. The topological polar surface area (TPSA) is 55.1 Å². The van der Waals surface area contributed by atoms with Crippen LogP contribution < -0.4 is 11.1 Å². The molecule has 3 nitrogen and oxygen atoms in total. The highest BCUT2D eigenvalue weighted by molar-refractivity contribution is 6.30. The van der Waals surface area contributed by atoms with E-state index in [1.807, 2.05) is 55.5 Å². The van der Waals surface area contributed by atoms with Crippen molar-refractivity contribution in [1.29, 1.82) is 0 Å².